The molecule has 2 aliphatic carbocycles. The third-order valence-corrected chi connectivity index (χ3v) is 8.92. The van der Waals surface area contributed by atoms with Gasteiger partial charge in [-0.25, -0.2) is 4.79 Å². The van der Waals surface area contributed by atoms with Crippen LogP contribution in [0.4, 0.5) is 42.8 Å². The van der Waals surface area contributed by atoms with Crippen molar-refractivity contribution in [2.75, 3.05) is 16.3 Å². The molecular weight excluding hydrogens is 590 g/mol. The number of aryl methyl sites for hydroxylation is 1. The van der Waals surface area contributed by atoms with Gasteiger partial charge < -0.3 is 9.64 Å². The first kappa shape index (κ1) is 30.2. The molecule has 236 valence electrons. The van der Waals surface area contributed by atoms with Crippen molar-refractivity contribution in [3.8, 4) is 0 Å². The van der Waals surface area contributed by atoms with Crippen LogP contribution in [0.2, 0.25) is 0 Å². The van der Waals surface area contributed by atoms with Crippen molar-refractivity contribution in [1.29, 1.82) is 0 Å². The topological polar surface area (TPSA) is 87.2 Å². The molecule has 0 radical (unpaired) electrons. The number of anilines is 2. The average molecular weight is 623 g/mol. The number of nitrogens with zero attached hydrogens (tertiary/aromatic N) is 5. The zero-order valence-electron chi connectivity index (χ0n) is 24.1. The van der Waals surface area contributed by atoms with Crippen LogP contribution < -0.4 is 9.80 Å². The number of carbonyl (C=O) groups excluding carboxylic acids is 1. The van der Waals surface area contributed by atoms with Gasteiger partial charge in [-0.3, -0.25) is 4.90 Å². The molecule has 1 N–H and O–H groups in total. The van der Waals surface area contributed by atoms with Gasteiger partial charge >= 0.3 is 18.4 Å². The number of benzene rings is 2. The van der Waals surface area contributed by atoms with Gasteiger partial charge in [0.2, 0.25) is 0 Å². The summed E-state index contributed by atoms with van der Waals surface area (Å²) in [6, 6.07) is 3.00. The Bertz CT molecular complexity index is 1490. The molecule has 6 rings (SSSR count). The van der Waals surface area contributed by atoms with E-state index in [-0.39, 0.29) is 30.2 Å². The Morgan fingerprint density at radius 1 is 0.977 bits per heavy atom. The number of ether oxygens (including phenoxy) is 1. The average Bonchev–Trinajstić information content (AvgIpc) is 3.74. The molecule has 14 heteroatoms. The number of alkyl halides is 6. The van der Waals surface area contributed by atoms with E-state index in [1.54, 1.807) is 9.80 Å². The van der Waals surface area contributed by atoms with Crippen LogP contribution in [-0.2, 0) is 36.5 Å². The summed E-state index contributed by atoms with van der Waals surface area (Å²) in [6.45, 7) is 1.94. The quantitative estimate of drug-likeness (QED) is 0.297. The second kappa shape index (κ2) is 11.6. The SMILES string of the molecule is Cc1c2c(cc3c1N(C(=O)OC1CCCC1)CCC[C@@H]3N(Cc1cc(C(F)(F)F)cc(C(F)(F)F)c1)c1nn[nH]n1)CCC2. The molecule has 1 atom stereocenters. The number of aromatic nitrogens is 4. The Hall–Kier alpha value is -3.84. The van der Waals surface area contributed by atoms with E-state index in [0.29, 0.717) is 25.1 Å². The first-order valence-electron chi connectivity index (χ1n) is 14.8. The highest BCUT2D eigenvalue weighted by molar-refractivity contribution is 5.91. The van der Waals surface area contributed by atoms with Gasteiger partial charge in [0.1, 0.15) is 6.10 Å². The monoisotopic (exact) mass is 622 g/mol. The van der Waals surface area contributed by atoms with Crippen LogP contribution in [-0.4, -0.2) is 39.4 Å². The predicted molar refractivity (Wildman–Crippen MR) is 148 cm³/mol. The number of carbonyl (C=O) groups is 1. The molecule has 1 fully saturated rings. The van der Waals surface area contributed by atoms with Crippen molar-refractivity contribution in [1.82, 2.24) is 20.6 Å². The maximum absolute atomic E-state index is 13.7. The molecule has 1 amide bonds. The number of nitrogens with one attached hydrogen (secondary N) is 1. The third kappa shape index (κ3) is 5.94. The highest BCUT2D eigenvalue weighted by Crippen LogP contribution is 2.45. The lowest BCUT2D eigenvalue weighted by Crippen LogP contribution is -2.35. The normalized spacial score (nSPS) is 19.1. The third-order valence-electron chi connectivity index (χ3n) is 8.92. The molecule has 1 aliphatic heterocycles. The summed E-state index contributed by atoms with van der Waals surface area (Å²) in [5, 5.41) is 14.1. The molecule has 1 aromatic heterocycles. The van der Waals surface area contributed by atoms with Crippen molar-refractivity contribution in [2.24, 2.45) is 0 Å². The van der Waals surface area contributed by atoms with E-state index in [2.05, 4.69) is 20.6 Å². The zero-order chi connectivity index (χ0) is 31.2. The van der Waals surface area contributed by atoms with Crippen LogP contribution in [0.1, 0.15) is 89.9 Å². The van der Waals surface area contributed by atoms with Gasteiger partial charge in [-0.15, -0.1) is 5.10 Å². The van der Waals surface area contributed by atoms with Crippen LogP contribution in [0.3, 0.4) is 0 Å². The highest BCUT2D eigenvalue weighted by Gasteiger charge is 2.39. The molecule has 0 bridgehead atoms. The van der Waals surface area contributed by atoms with Gasteiger partial charge in [-0.05, 0) is 116 Å². The number of hydrogen-bond donors (Lipinski definition) is 1. The maximum atomic E-state index is 13.7. The molecule has 8 nitrogen and oxygen atoms in total. The van der Waals surface area contributed by atoms with Gasteiger partial charge in [-0.1, -0.05) is 11.2 Å². The van der Waals surface area contributed by atoms with Crippen molar-refractivity contribution in [3.63, 3.8) is 0 Å². The second-order valence-electron chi connectivity index (χ2n) is 11.8. The number of halogens is 6. The van der Waals surface area contributed by atoms with Crippen LogP contribution in [0.5, 0.6) is 0 Å². The van der Waals surface area contributed by atoms with E-state index >= 15 is 0 Å². The Kier molecular flexibility index (Phi) is 7.95. The lowest BCUT2D eigenvalue weighted by molar-refractivity contribution is -0.143. The molecule has 1 saturated carbocycles. The van der Waals surface area contributed by atoms with E-state index in [1.165, 1.54) is 0 Å². The largest absolute Gasteiger partial charge is 0.446 e. The summed E-state index contributed by atoms with van der Waals surface area (Å²) < 4.78 is 88.2. The van der Waals surface area contributed by atoms with Crippen LogP contribution in [0.25, 0.3) is 0 Å². The molecule has 44 heavy (non-hydrogen) atoms. The van der Waals surface area contributed by atoms with Crippen molar-refractivity contribution >= 4 is 17.7 Å². The maximum Gasteiger partial charge on any atom is 0.416 e. The standard InChI is InChI=1S/C30H32F6N6O2/c1-17-23-9-4-6-19(23)14-24-25(10-5-11-41(26(17)24)28(43)44-22-7-2-3-8-22)42(27-37-39-40-38-27)16-18-12-20(29(31,32)33)15-21(13-18)30(34,35)36/h12-15,22,25H,2-11,16H2,1H3,(H,37,38,39,40)/t25-/m0/s1. The number of aromatic amines is 1. The van der Waals surface area contributed by atoms with E-state index in [1.807, 2.05) is 13.0 Å². The number of amides is 1. The minimum atomic E-state index is -4.99. The van der Waals surface area contributed by atoms with Gasteiger partial charge in [-0.2, -0.15) is 31.6 Å². The predicted octanol–water partition coefficient (Wildman–Crippen LogP) is 7.46. The van der Waals surface area contributed by atoms with Gasteiger partial charge in [0.15, 0.2) is 0 Å². The second-order valence-corrected chi connectivity index (χ2v) is 11.8. The first-order chi connectivity index (χ1) is 20.9. The molecule has 0 unspecified atom stereocenters. The summed E-state index contributed by atoms with van der Waals surface area (Å²) in [4.78, 5) is 16.8. The summed E-state index contributed by atoms with van der Waals surface area (Å²) >= 11 is 0. The van der Waals surface area contributed by atoms with Crippen LogP contribution in [0, 0.1) is 6.92 Å². The molecule has 3 aromatic rings. The highest BCUT2D eigenvalue weighted by atomic mass is 19.4. The van der Waals surface area contributed by atoms with Crippen LogP contribution in [0.15, 0.2) is 24.3 Å². The molecule has 3 aliphatic rings. The number of hydrogen-bond acceptors (Lipinski definition) is 6. The van der Waals surface area contributed by atoms with E-state index in [9.17, 15) is 31.1 Å². The minimum Gasteiger partial charge on any atom is -0.446 e. The smallest absolute Gasteiger partial charge is 0.416 e. The number of tetrazole rings is 1. The van der Waals surface area contributed by atoms with Crippen LogP contribution >= 0.6 is 0 Å². The Morgan fingerprint density at radius 3 is 2.32 bits per heavy atom. The minimum absolute atomic E-state index is 0.0204. The molecule has 0 saturated heterocycles. The number of H-pyrrole nitrogens is 1. The fraction of sp³-hybridized carbons (Fsp3) is 0.533. The molecular formula is C30H32F6N6O2. The lowest BCUT2D eigenvalue weighted by atomic mass is 9.91. The lowest BCUT2D eigenvalue weighted by Gasteiger charge is -2.33. The van der Waals surface area contributed by atoms with Gasteiger partial charge in [0.05, 0.1) is 22.9 Å². The van der Waals surface area contributed by atoms with E-state index < -0.39 is 35.6 Å². The molecule has 2 heterocycles. The summed E-state index contributed by atoms with van der Waals surface area (Å²) in [5.41, 5.74) is 1.60. The number of fused-ring (bicyclic) bond motifs is 2. The molecule has 2 aromatic carbocycles. The summed E-state index contributed by atoms with van der Waals surface area (Å²) in [5.74, 6) is 0.0204. The Morgan fingerprint density at radius 2 is 1.68 bits per heavy atom. The summed E-state index contributed by atoms with van der Waals surface area (Å²) in [6.07, 6.45) is -3.43. The van der Waals surface area contributed by atoms with E-state index in [0.717, 1.165) is 79.3 Å². The number of rotatable bonds is 5. The molecule has 0 spiro atoms. The van der Waals surface area contributed by atoms with Gasteiger partial charge in [0, 0.05) is 13.1 Å². The fourth-order valence-electron chi connectivity index (χ4n) is 6.92. The van der Waals surface area contributed by atoms with Crippen molar-refractivity contribution < 1.29 is 35.9 Å². The Balaban J connectivity index is 1.45. The Labute approximate surface area is 249 Å². The zero-order valence-corrected chi connectivity index (χ0v) is 24.1. The van der Waals surface area contributed by atoms with Gasteiger partial charge in [0.25, 0.3) is 5.95 Å². The first-order valence-corrected chi connectivity index (χ1v) is 14.8. The van der Waals surface area contributed by atoms with Crippen molar-refractivity contribution in [3.05, 3.63) is 63.2 Å². The fourth-order valence-corrected chi connectivity index (χ4v) is 6.92. The summed E-state index contributed by atoms with van der Waals surface area (Å²) in [7, 11) is 0. The van der Waals surface area contributed by atoms with E-state index in [4.69, 9.17) is 4.74 Å². The van der Waals surface area contributed by atoms with Crippen molar-refractivity contribution in [2.45, 2.75) is 95.8 Å².